The summed E-state index contributed by atoms with van der Waals surface area (Å²) in [6, 6.07) is -0.623. The van der Waals surface area contributed by atoms with Crippen LogP contribution in [0.4, 0.5) is 0 Å². The maximum absolute atomic E-state index is 10.6. The third-order valence-electron chi connectivity index (χ3n) is 2.12. The molecule has 0 aromatic heterocycles. The van der Waals surface area contributed by atoms with Gasteiger partial charge in [0.25, 0.3) is 0 Å². The fraction of sp³-hybridized carbons (Fsp3) is 0.889. The fourth-order valence-corrected chi connectivity index (χ4v) is 1.21. The van der Waals surface area contributed by atoms with Crippen molar-refractivity contribution in [2.75, 3.05) is 13.2 Å². The van der Waals surface area contributed by atoms with Gasteiger partial charge in [-0.3, -0.25) is 10.1 Å². The Labute approximate surface area is 83.4 Å². The number of hydrogen-bond acceptors (Lipinski definition) is 4. The number of carboxylic acids is 1. The third-order valence-corrected chi connectivity index (χ3v) is 2.12. The van der Waals surface area contributed by atoms with Gasteiger partial charge >= 0.3 is 5.97 Å². The Morgan fingerprint density at radius 3 is 2.43 bits per heavy atom. The topological polar surface area (TPSA) is 67.8 Å². The minimum Gasteiger partial charge on any atom is -0.480 e. The lowest BCUT2D eigenvalue weighted by molar-refractivity contribution is -0.253. The van der Waals surface area contributed by atoms with Crippen molar-refractivity contribution in [1.82, 2.24) is 5.32 Å². The van der Waals surface area contributed by atoms with E-state index in [-0.39, 0.29) is 6.04 Å². The number of carbonyl (C=O) groups is 1. The highest BCUT2D eigenvalue weighted by molar-refractivity contribution is 5.72. The molecular weight excluding hydrogens is 186 g/mol. The van der Waals surface area contributed by atoms with E-state index in [1.807, 2.05) is 13.8 Å². The van der Waals surface area contributed by atoms with Gasteiger partial charge in [0.1, 0.15) is 6.04 Å². The van der Waals surface area contributed by atoms with Gasteiger partial charge in [-0.2, -0.15) is 0 Å². The van der Waals surface area contributed by atoms with Crippen molar-refractivity contribution in [2.24, 2.45) is 0 Å². The maximum Gasteiger partial charge on any atom is 0.320 e. The van der Waals surface area contributed by atoms with E-state index in [1.165, 1.54) is 0 Å². The summed E-state index contributed by atoms with van der Waals surface area (Å²) in [4.78, 5) is 10.6. The Hall–Kier alpha value is -0.650. The van der Waals surface area contributed by atoms with Crippen LogP contribution in [0.3, 0.4) is 0 Å². The van der Waals surface area contributed by atoms with Crippen LogP contribution in [0.2, 0.25) is 0 Å². The summed E-state index contributed by atoms with van der Waals surface area (Å²) in [7, 11) is 0. The molecule has 0 aromatic rings. The fourth-order valence-electron chi connectivity index (χ4n) is 1.21. The number of carboxylic acid groups (broad SMARTS) is 1. The summed E-state index contributed by atoms with van der Waals surface area (Å²) in [6.45, 7) is 6.23. The maximum atomic E-state index is 10.6. The largest absolute Gasteiger partial charge is 0.480 e. The van der Waals surface area contributed by atoms with E-state index in [2.05, 4.69) is 5.32 Å². The molecule has 0 saturated carbocycles. The van der Waals surface area contributed by atoms with Gasteiger partial charge in [-0.1, -0.05) is 0 Å². The predicted octanol–water partition coefficient (Wildman–Crippen LogP) is 0.201. The zero-order valence-electron chi connectivity index (χ0n) is 8.74. The van der Waals surface area contributed by atoms with Crippen LogP contribution in [0.25, 0.3) is 0 Å². The first kappa shape index (κ1) is 11.4. The average Bonchev–Trinajstić information content (AvgIpc) is 2.08. The Morgan fingerprint density at radius 2 is 2.00 bits per heavy atom. The molecule has 14 heavy (non-hydrogen) atoms. The first-order valence-corrected chi connectivity index (χ1v) is 4.67. The van der Waals surface area contributed by atoms with Crippen LogP contribution in [0, 0.1) is 0 Å². The zero-order chi connectivity index (χ0) is 10.8. The van der Waals surface area contributed by atoms with E-state index in [4.69, 9.17) is 14.6 Å². The highest BCUT2D eigenvalue weighted by atomic mass is 16.7. The van der Waals surface area contributed by atoms with Crippen LogP contribution in [-0.2, 0) is 14.3 Å². The second-order valence-electron chi connectivity index (χ2n) is 3.95. The first-order valence-electron chi connectivity index (χ1n) is 4.67. The Bertz CT molecular complexity index is 207. The number of aliphatic carboxylic acids is 1. The molecular formula is C9H17NO4. The van der Waals surface area contributed by atoms with Crippen LogP contribution in [0.1, 0.15) is 20.8 Å². The molecule has 82 valence electrons. The minimum absolute atomic E-state index is 0.0471. The van der Waals surface area contributed by atoms with E-state index in [9.17, 15) is 4.79 Å². The molecule has 0 radical (unpaired) electrons. The molecule has 0 aliphatic carbocycles. The quantitative estimate of drug-likeness (QED) is 0.686. The molecule has 2 N–H and O–H groups in total. The lowest BCUT2D eigenvalue weighted by atomic mass is 10.2. The van der Waals surface area contributed by atoms with Gasteiger partial charge in [0.15, 0.2) is 5.79 Å². The van der Waals surface area contributed by atoms with Crippen LogP contribution >= 0.6 is 0 Å². The Morgan fingerprint density at radius 1 is 1.50 bits per heavy atom. The van der Waals surface area contributed by atoms with E-state index < -0.39 is 17.8 Å². The SMILES string of the molecule is C[C@@H](NC1COC(C)(C)OC1)C(=O)O. The molecule has 0 unspecified atom stereocenters. The standard InChI is InChI=1S/C9H17NO4/c1-6(8(11)12)10-7-4-13-9(2,3)14-5-7/h6-7,10H,4-5H2,1-3H3,(H,11,12)/t6-/m1/s1. The summed E-state index contributed by atoms with van der Waals surface area (Å²) in [5.74, 6) is -1.42. The van der Waals surface area contributed by atoms with E-state index >= 15 is 0 Å². The smallest absolute Gasteiger partial charge is 0.320 e. The predicted molar refractivity (Wildman–Crippen MR) is 50.0 cm³/mol. The lowest BCUT2D eigenvalue weighted by Gasteiger charge is -2.35. The van der Waals surface area contributed by atoms with Gasteiger partial charge in [-0.15, -0.1) is 0 Å². The van der Waals surface area contributed by atoms with Crippen molar-refractivity contribution in [2.45, 2.75) is 38.6 Å². The van der Waals surface area contributed by atoms with Crippen molar-refractivity contribution in [3.05, 3.63) is 0 Å². The molecule has 0 bridgehead atoms. The molecule has 1 fully saturated rings. The summed E-state index contributed by atoms with van der Waals surface area (Å²) in [5.41, 5.74) is 0. The number of nitrogens with one attached hydrogen (secondary N) is 1. The molecule has 1 atom stereocenters. The van der Waals surface area contributed by atoms with Crippen molar-refractivity contribution in [3.8, 4) is 0 Å². The molecule has 0 amide bonds. The van der Waals surface area contributed by atoms with Crippen LogP contribution in [0.15, 0.2) is 0 Å². The normalized spacial score (nSPS) is 24.5. The monoisotopic (exact) mass is 203 g/mol. The van der Waals surface area contributed by atoms with E-state index in [0.717, 1.165) is 0 Å². The van der Waals surface area contributed by atoms with Gasteiger partial charge in [-0.25, -0.2) is 0 Å². The first-order chi connectivity index (χ1) is 6.41. The summed E-state index contributed by atoms with van der Waals surface area (Å²) in [5, 5.41) is 11.6. The minimum atomic E-state index is -0.866. The summed E-state index contributed by atoms with van der Waals surface area (Å²) >= 11 is 0. The van der Waals surface area contributed by atoms with Crippen LogP contribution in [0.5, 0.6) is 0 Å². The molecule has 5 nitrogen and oxygen atoms in total. The molecule has 1 aliphatic heterocycles. The van der Waals surface area contributed by atoms with Gasteiger partial charge in [0.2, 0.25) is 0 Å². The zero-order valence-corrected chi connectivity index (χ0v) is 8.74. The average molecular weight is 203 g/mol. The summed E-state index contributed by atoms with van der Waals surface area (Å²) < 4.78 is 10.8. The van der Waals surface area contributed by atoms with Gasteiger partial charge in [0.05, 0.1) is 19.3 Å². The van der Waals surface area contributed by atoms with Crippen LogP contribution < -0.4 is 5.32 Å². The molecule has 0 spiro atoms. The highest BCUT2D eigenvalue weighted by Crippen LogP contribution is 2.16. The molecule has 1 rings (SSSR count). The van der Waals surface area contributed by atoms with E-state index in [1.54, 1.807) is 6.92 Å². The van der Waals surface area contributed by atoms with Crippen molar-refractivity contribution in [1.29, 1.82) is 0 Å². The Balaban J connectivity index is 2.32. The highest BCUT2D eigenvalue weighted by Gasteiger charge is 2.29. The van der Waals surface area contributed by atoms with Gasteiger partial charge in [0, 0.05) is 0 Å². The van der Waals surface area contributed by atoms with Crippen molar-refractivity contribution in [3.63, 3.8) is 0 Å². The second kappa shape index (κ2) is 4.25. The summed E-state index contributed by atoms with van der Waals surface area (Å²) in [6.07, 6.45) is 0. The second-order valence-corrected chi connectivity index (χ2v) is 3.95. The van der Waals surface area contributed by atoms with Crippen molar-refractivity contribution >= 4 is 5.97 Å². The number of rotatable bonds is 3. The van der Waals surface area contributed by atoms with Crippen molar-refractivity contribution < 1.29 is 19.4 Å². The number of ether oxygens (including phenoxy) is 2. The molecule has 5 heteroatoms. The van der Waals surface area contributed by atoms with Crippen LogP contribution in [-0.4, -0.2) is 42.2 Å². The molecule has 0 aromatic carbocycles. The lowest BCUT2D eigenvalue weighted by Crippen LogP contribution is -2.52. The number of hydrogen-bond donors (Lipinski definition) is 2. The van der Waals surface area contributed by atoms with E-state index in [0.29, 0.717) is 13.2 Å². The molecule has 1 aliphatic rings. The Kier molecular flexibility index (Phi) is 3.47. The van der Waals surface area contributed by atoms with Gasteiger partial charge in [-0.05, 0) is 20.8 Å². The van der Waals surface area contributed by atoms with Gasteiger partial charge < -0.3 is 14.6 Å². The molecule has 1 heterocycles. The molecule has 1 saturated heterocycles. The third kappa shape index (κ3) is 3.25.